The summed E-state index contributed by atoms with van der Waals surface area (Å²) in [5.74, 6) is -3.07. The van der Waals surface area contributed by atoms with E-state index in [1.165, 1.54) is 4.90 Å². The van der Waals surface area contributed by atoms with Gasteiger partial charge in [-0.3, -0.25) is 10.1 Å². The Morgan fingerprint density at radius 2 is 1.59 bits per heavy atom. The standard InChI is InChI=1S/C16H14F3N3O4S/c17-11-1-4-15(22(23)24)16(9-11)20-5-7-21(8-6-20)27(25,26)12-2-3-13(18)14(19)10-12/h1-4,9-10H,5-8H2. The number of nitro groups is 1. The van der Waals surface area contributed by atoms with E-state index in [0.717, 1.165) is 34.6 Å². The van der Waals surface area contributed by atoms with Crippen LogP contribution in [-0.4, -0.2) is 43.8 Å². The Morgan fingerprint density at radius 3 is 2.19 bits per heavy atom. The quantitative estimate of drug-likeness (QED) is 0.581. The normalized spacial score (nSPS) is 15.7. The van der Waals surface area contributed by atoms with Crippen LogP contribution in [0.15, 0.2) is 41.3 Å². The summed E-state index contributed by atoms with van der Waals surface area (Å²) in [7, 11) is -4.05. The molecule has 0 N–H and O–H groups in total. The van der Waals surface area contributed by atoms with Crippen LogP contribution in [0.1, 0.15) is 0 Å². The van der Waals surface area contributed by atoms with Gasteiger partial charge in [0, 0.05) is 38.3 Å². The second-order valence-corrected chi connectivity index (χ2v) is 7.80. The van der Waals surface area contributed by atoms with Gasteiger partial charge in [0.15, 0.2) is 11.6 Å². The van der Waals surface area contributed by atoms with E-state index in [1.54, 1.807) is 0 Å². The Morgan fingerprint density at radius 1 is 0.926 bits per heavy atom. The smallest absolute Gasteiger partial charge is 0.292 e. The van der Waals surface area contributed by atoms with Gasteiger partial charge in [0.25, 0.3) is 5.69 Å². The van der Waals surface area contributed by atoms with E-state index in [2.05, 4.69) is 0 Å². The zero-order valence-electron chi connectivity index (χ0n) is 13.8. The van der Waals surface area contributed by atoms with E-state index in [1.807, 2.05) is 0 Å². The van der Waals surface area contributed by atoms with Crippen molar-refractivity contribution in [3.05, 3.63) is 64.0 Å². The van der Waals surface area contributed by atoms with E-state index in [9.17, 15) is 31.7 Å². The fourth-order valence-corrected chi connectivity index (χ4v) is 4.29. The molecule has 1 heterocycles. The molecule has 0 aromatic heterocycles. The fraction of sp³-hybridized carbons (Fsp3) is 0.250. The number of nitro benzene ring substituents is 1. The molecule has 0 saturated carbocycles. The summed E-state index contributed by atoms with van der Waals surface area (Å²) in [6.07, 6.45) is 0. The Labute approximate surface area is 152 Å². The number of halogens is 3. The topological polar surface area (TPSA) is 83.8 Å². The maximum absolute atomic E-state index is 13.5. The van der Waals surface area contributed by atoms with Crippen LogP contribution in [0.2, 0.25) is 0 Å². The van der Waals surface area contributed by atoms with E-state index in [0.29, 0.717) is 6.07 Å². The highest BCUT2D eigenvalue weighted by atomic mass is 32.2. The van der Waals surface area contributed by atoms with Crippen molar-refractivity contribution in [2.75, 3.05) is 31.1 Å². The number of benzene rings is 2. The van der Waals surface area contributed by atoms with Gasteiger partial charge in [0.2, 0.25) is 10.0 Å². The summed E-state index contributed by atoms with van der Waals surface area (Å²) < 4.78 is 66.1. The van der Waals surface area contributed by atoms with Gasteiger partial charge in [-0.15, -0.1) is 0 Å². The summed E-state index contributed by atoms with van der Waals surface area (Å²) in [5.41, 5.74) is -0.224. The number of hydrogen-bond donors (Lipinski definition) is 0. The number of piperazine rings is 1. The number of sulfonamides is 1. The van der Waals surface area contributed by atoms with E-state index in [4.69, 9.17) is 0 Å². The van der Waals surface area contributed by atoms with Crippen LogP contribution in [0.4, 0.5) is 24.5 Å². The largest absolute Gasteiger partial charge is 0.363 e. The lowest BCUT2D eigenvalue weighted by Crippen LogP contribution is -2.48. The van der Waals surface area contributed by atoms with Gasteiger partial charge in [0.05, 0.1) is 9.82 Å². The van der Waals surface area contributed by atoms with Crippen molar-refractivity contribution in [2.24, 2.45) is 0 Å². The molecule has 0 spiro atoms. The second kappa shape index (κ2) is 7.16. The van der Waals surface area contributed by atoms with Crippen LogP contribution in [0, 0.1) is 27.6 Å². The molecule has 0 atom stereocenters. The predicted octanol–water partition coefficient (Wildman–Crippen LogP) is 2.52. The third-order valence-electron chi connectivity index (χ3n) is 4.24. The van der Waals surface area contributed by atoms with Crippen molar-refractivity contribution < 1.29 is 26.5 Å². The Bertz CT molecular complexity index is 992. The van der Waals surface area contributed by atoms with Gasteiger partial charge in [-0.2, -0.15) is 4.31 Å². The summed E-state index contributed by atoms with van der Waals surface area (Å²) in [4.78, 5) is 11.6. The first-order valence-electron chi connectivity index (χ1n) is 7.84. The highest BCUT2D eigenvalue weighted by Gasteiger charge is 2.31. The molecule has 0 radical (unpaired) electrons. The molecule has 2 aromatic rings. The first-order valence-corrected chi connectivity index (χ1v) is 9.28. The molecule has 1 fully saturated rings. The highest BCUT2D eigenvalue weighted by Crippen LogP contribution is 2.30. The lowest BCUT2D eigenvalue weighted by molar-refractivity contribution is -0.384. The monoisotopic (exact) mass is 401 g/mol. The number of nitrogens with zero attached hydrogens (tertiary/aromatic N) is 3. The molecule has 27 heavy (non-hydrogen) atoms. The van der Waals surface area contributed by atoms with Crippen LogP contribution in [0.3, 0.4) is 0 Å². The number of rotatable bonds is 4. The molecule has 1 saturated heterocycles. The lowest BCUT2D eigenvalue weighted by atomic mass is 10.2. The predicted molar refractivity (Wildman–Crippen MR) is 90.4 cm³/mol. The Kier molecular flexibility index (Phi) is 5.07. The molecule has 0 bridgehead atoms. The SMILES string of the molecule is O=[N+]([O-])c1ccc(F)cc1N1CCN(S(=O)(=O)c2ccc(F)c(F)c2)CC1. The highest BCUT2D eigenvalue weighted by molar-refractivity contribution is 7.89. The minimum absolute atomic E-state index is 0.0466. The van der Waals surface area contributed by atoms with Crippen molar-refractivity contribution in [3.63, 3.8) is 0 Å². The van der Waals surface area contributed by atoms with Gasteiger partial charge in [0.1, 0.15) is 11.5 Å². The summed E-state index contributed by atoms with van der Waals surface area (Å²) >= 11 is 0. The molecule has 1 aliphatic heterocycles. The van der Waals surface area contributed by atoms with Gasteiger partial charge in [-0.1, -0.05) is 0 Å². The average molecular weight is 401 g/mol. The third-order valence-corrected chi connectivity index (χ3v) is 6.14. The minimum atomic E-state index is -4.05. The van der Waals surface area contributed by atoms with Crippen molar-refractivity contribution in [1.29, 1.82) is 0 Å². The molecular formula is C16H14F3N3O4S. The Hall–Kier alpha value is -2.66. The molecule has 0 unspecified atom stereocenters. The van der Waals surface area contributed by atoms with Crippen molar-refractivity contribution >= 4 is 21.4 Å². The van der Waals surface area contributed by atoms with Gasteiger partial charge >= 0.3 is 0 Å². The summed E-state index contributed by atoms with van der Waals surface area (Å²) in [6, 6.07) is 5.36. The number of anilines is 1. The summed E-state index contributed by atoms with van der Waals surface area (Å²) in [6.45, 7) is 0.0599. The van der Waals surface area contributed by atoms with Crippen molar-refractivity contribution in [3.8, 4) is 0 Å². The van der Waals surface area contributed by atoms with E-state index >= 15 is 0 Å². The van der Waals surface area contributed by atoms with Crippen LogP contribution in [-0.2, 0) is 10.0 Å². The third kappa shape index (κ3) is 3.74. The van der Waals surface area contributed by atoms with E-state index < -0.39 is 32.4 Å². The van der Waals surface area contributed by atoms with Crippen LogP contribution < -0.4 is 4.90 Å². The molecule has 1 aliphatic rings. The van der Waals surface area contributed by atoms with Crippen LogP contribution in [0.25, 0.3) is 0 Å². The molecule has 0 aliphatic carbocycles. The molecule has 3 rings (SSSR count). The average Bonchev–Trinajstić information content (AvgIpc) is 2.63. The van der Waals surface area contributed by atoms with Gasteiger partial charge in [-0.25, -0.2) is 21.6 Å². The molecule has 0 amide bonds. The molecule has 7 nitrogen and oxygen atoms in total. The summed E-state index contributed by atoms with van der Waals surface area (Å²) in [5, 5.41) is 11.1. The number of hydrogen-bond acceptors (Lipinski definition) is 5. The van der Waals surface area contributed by atoms with Crippen molar-refractivity contribution in [2.45, 2.75) is 4.90 Å². The molecule has 144 valence electrons. The minimum Gasteiger partial charge on any atom is -0.363 e. The molecular weight excluding hydrogens is 387 g/mol. The van der Waals surface area contributed by atoms with Crippen LogP contribution in [0.5, 0.6) is 0 Å². The maximum atomic E-state index is 13.5. The van der Waals surface area contributed by atoms with Crippen molar-refractivity contribution in [1.82, 2.24) is 4.31 Å². The van der Waals surface area contributed by atoms with Gasteiger partial charge in [-0.05, 0) is 24.3 Å². The lowest BCUT2D eigenvalue weighted by Gasteiger charge is -2.35. The van der Waals surface area contributed by atoms with Gasteiger partial charge < -0.3 is 4.90 Å². The molecule has 2 aromatic carbocycles. The zero-order chi connectivity index (χ0) is 19.8. The first-order chi connectivity index (χ1) is 12.7. The first kappa shape index (κ1) is 19.1. The second-order valence-electron chi connectivity index (χ2n) is 5.86. The van der Waals surface area contributed by atoms with Crippen LogP contribution >= 0.6 is 0 Å². The van der Waals surface area contributed by atoms with E-state index in [-0.39, 0.29) is 42.4 Å². The molecule has 11 heteroatoms. The Balaban J connectivity index is 1.80. The fourth-order valence-electron chi connectivity index (χ4n) is 2.86. The zero-order valence-corrected chi connectivity index (χ0v) is 14.6. The maximum Gasteiger partial charge on any atom is 0.292 e.